The van der Waals surface area contributed by atoms with Gasteiger partial charge in [0.1, 0.15) is 5.82 Å². The van der Waals surface area contributed by atoms with Crippen molar-refractivity contribution < 1.29 is 9.18 Å². The summed E-state index contributed by atoms with van der Waals surface area (Å²) in [5.41, 5.74) is 1.82. The first kappa shape index (κ1) is 18.2. The van der Waals surface area contributed by atoms with E-state index in [1.54, 1.807) is 13.0 Å². The minimum Gasteiger partial charge on any atom is -0.356 e. The van der Waals surface area contributed by atoms with Crippen molar-refractivity contribution in [3.63, 3.8) is 0 Å². The van der Waals surface area contributed by atoms with Crippen molar-refractivity contribution in [3.8, 4) is 0 Å². The average Bonchev–Trinajstić information content (AvgIpc) is 2.54. The number of hydrogen-bond donors (Lipinski definition) is 2. The third-order valence-electron chi connectivity index (χ3n) is 3.62. The largest absolute Gasteiger partial charge is 0.356 e. The minimum atomic E-state index is -0.283. The lowest BCUT2D eigenvalue weighted by molar-refractivity contribution is -0.121. The van der Waals surface area contributed by atoms with Crippen LogP contribution in [0.15, 0.2) is 34.2 Å². The Balaban J connectivity index is 1.82. The molecule has 1 aromatic heterocycles. The summed E-state index contributed by atoms with van der Waals surface area (Å²) in [7, 11) is 0. The number of carbonyl (C=O) groups is 1. The summed E-state index contributed by atoms with van der Waals surface area (Å²) in [5.74, 6) is -0.422. The fourth-order valence-corrected chi connectivity index (χ4v) is 2.76. The molecule has 0 fully saturated rings. The van der Waals surface area contributed by atoms with Crippen molar-refractivity contribution in [1.82, 2.24) is 15.3 Å². The van der Waals surface area contributed by atoms with Crippen LogP contribution in [0.3, 0.4) is 0 Å². The normalized spacial score (nSPS) is 10.6. The topological polar surface area (TPSA) is 74.8 Å². The van der Waals surface area contributed by atoms with E-state index in [2.05, 4.69) is 15.3 Å². The van der Waals surface area contributed by atoms with Gasteiger partial charge in [-0.2, -0.15) is 0 Å². The lowest BCUT2D eigenvalue weighted by atomic mass is 10.1. The highest BCUT2D eigenvalue weighted by Gasteiger charge is 2.10. The van der Waals surface area contributed by atoms with Gasteiger partial charge in [-0.05, 0) is 43.7 Å². The van der Waals surface area contributed by atoms with Gasteiger partial charge in [-0.25, -0.2) is 9.37 Å². The molecule has 128 valence electrons. The molecule has 0 bridgehead atoms. The monoisotopic (exact) mass is 349 g/mol. The third-order valence-corrected chi connectivity index (χ3v) is 4.20. The van der Waals surface area contributed by atoms with Crippen molar-refractivity contribution in [2.75, 3.05) is 12.8 Å². The number of aromatic amines is 1. The van der Waals surface area contributed by atoms with Gasteiger partial charge in [0, 0.05) is 24.2 Å². The van der Waals surface area contributed by atoms with Crippen LogP contribution in [0.5, 0.6) is 0 Å². The molecule has 5 nitrogen and oxygen atoms in total. The maximum atomic E-state index is 13.1. The smallest absolute Gasteiger partial charge is 0.254 e. The molecule has 2 aromatic rings. The molecule has 7 heteroatoms. The summed E-state index contributed by atoms with van der Waals surface area (Å²) in [6.07, 6.45) is 2.96. The summed E-state index contributed by atoms with van der Waals surface area (Å²) in [4.78, 5) is 30.9. The quantitative estimate of drug-likeness (QED) is 0.594. The first-order chi connectivity index (χ1) is 11.5. The van der Waals surface area contributed by atoms with Gasteiger partial charge in [-0.3, -0.25) is 9.59 Å². The predicted molar refractivity (Wildman–Crippen MR) is 92.8 cm³/mol. The Morgan fingerprint density at radius 3 is 2.83 bits per heavy atom. The molecule has 1 amide bonds. The van der Waals surface area contributed by atoms with Crippen molar-refractivity contribution >= 4 is 17.7 Å². The number of carbonyl (C=O) groups excluding carboxylic acids is 1. The Morgan fingerprint density at radius 2 is 2.17 bits per heavy atom. The number of nitrogens with zero attached hydrogens (tertiary/aromatic N) is 1. The number of thioether (sulfide) groups is 1. The van der Waals surface area contributed by atoms with E-state index >= 15 is 0 Å². The molecule has 0 aliphatic carbocycles. The van der Waals surface area contributed by atoms with Crippen LogP contribution in [-0.2, 0) is 17.6 Å². The molecular formula is C17H20FN3O2S. The van der Waals surface area contributed by atoms with E-state index in [-0.39, 0.29) is 23.7 Å². The first-order valence-electron chi connectivity index (χ1n) is 7.64. The van der Waals surface area contributed by atoms with Gasteiger partial charge in [0.15, 0.2) is 5.16 Å². The zero-order chi connectivity index (χ0) is 17.5. The Bertz CT molecular complexity index is 777. The zero-order valence-electron chi connectivity index (χ0n) is 13.7. The lowest BCUT2D eigenvalue weighted by Crippen LogP contribution is -2.27. The highest BCUT2D eigenvalue weighted by atomic mass is 32.2. The molecule has 0 saturated heterocycles. The summed E-state index contributed by atoms with van der Waals surface area (Å²) in [6, 6.07) is 6.30. The van der Waals surface area contributed by atoms with Crippen LogP contribution in [0.1, 0.15) is 23.2 Å². The van der Waals surface area contributed by atoms with Gasteiger partial charge >= 0.3 is 0 Å². The fraction of sp³-hybridized carbons (Fsp3) is 0.353. The number of amides is 1. The average molecular weight is 349 g/mol. The number of aromatic nitrogens is 2. The fourth-order valence-electron chi connectivity index (χ4n) is 2.34. The van der Waals surface area contributed by atoms with E-state index in [9.17, 15) is 14.0 Å². The van der Waals surface area contributed by atoms with Gasteiger partial charge in [0.05, 0.1) is 0 Å². The van der Waals surface area contributed by atoms with Crippen LogP contribution in [0.25, 0.3) is 0 Å². The molecule has 24 heavy (non-hydrogen) atoms. The number of halogens is 1. The lowest BCUT2D eigenvalue weighted by Gasteiger charge is -2.07. The van der Waals surface area contributed by atoms with Crippen LogP contribution in [-0.4, -0.2) is 28.7 Å². The van der Waals surface area contributed by atoms with Gasteiger partial charge < -0.3 is 10.3 Å². The number of nitrogens with one attached hydrogen (secondary N) is 2. The van der Waals surface area contributed by atoms with Crippen molar-refractivity contribution in [1.29, 1.82) is 0 Å². The molecule has 0 unspecified atom stereocenters. The molecule has 2 rings (SSSR count). The Kier molecular flexibility index (Phi) is 6.54. The van der Waals surface area contributed by atoms with E-state index in [1.807, 2.05) is 12.3 Å². The molecule has 0 aliphatic rings. The van der Waals surface area contributed by atoms with Gasteiger partial charge in [-0.1, -0.05) is 23.9 Å². The number of rotatable bonds is 7. The third kappa shape index (κ3) is 5.19. The molecule has 0 radical (unpaired) electrons. The van der Waals surface area contributed by atoms with E-state index in [0.717, 1.165) is 5.56 Å². The number of H-pyrrole nitrogens is 1. The number of benzene rings is 1. The van der Waals surface area contributed by atoms with Gasteiger partial charge in [0.2, 0.25) is 5.91 Å². The second kappa shape index (κ2) is 8.63. The predicted octanol–water partition coefficient (Wildman–Crippen LogP) is 2.23. The number of aryl methyl sites for hydroxylation is 1. The van der Waals surface area contributed by atoms with Gasteiger partial charge in [0.25, 0.3) is 5.56 Å². The van der Waals surface area contributed by atoms with Crippen LogP contribution in [0, 0.1) is 12.7 Å². The van der Waals surface area contributed by atoms with Crippen LogP contribution in [0.2, 0.25) is 0 Å². The second-order valence-corrected chi connectivity index (χ2v) is 6.16. The van der Waals surface area contributed by atoms with Crippen molar-refractivity contribution in [3.05, 3.63) is 57.3 Å². The Labute approximate surface area is 144 Å². The first-order valence-corrected chi connectivity index (χ1v) is 8.87. The Morgan fingerprint density at radius 1 is 1.38 bits per heavy atom. The molecule has 0 atom stereocenters. The second-order valence-electron chi connectivity index (χ2n) is 5.37. The number of hydrogen-bond acceptors (Lipinski definition) is 4. The summed E-state index contributed by atoms with van der Waals surface area (Å²) in [5, 5.41) is 3.35. The Hall–Kier alpha value is -2.15. The van der Waals surface area contributed by atoms with Crippen molar-refractivity contribution in [2.24, 2.45) is 0 Å². The highest BCUT2D eigenvalue weighted by Crippen LogP contribution is 2.09. The summed E-state index contributed by atoms with van der Waals surface area (Å²) < 4.78 is 13.1. The van der Waals surface area contributed by atoms with Crippen LogP contribution < -0.4 is 10.9 Å². The maximum absolute atomic E-state index is 13.1. The molecule has 0 aliphatic heterocycles. The molecule has 0 saturated carbocycles. The highest BCUT2D eigenvalue weighted by molar-refractivity contribution is 7.98. The van der Waals surface area contributed by atoms with E-state index in [4.69, 9.17) is 0 Å². The van der Waals surface area contributed by atoms with Crippen molar-refractivity contribution in [2.45, 2.75) is 31.3 Å². The van der Waals surface area contributed by atoms with E-state index < -0.39 is 0 Å². The molecule has 0 spiro atoms. The van der Waals surface area contributed by atoms with Crippen LogP contribution >= 0.6 is 11.8 Å². The maximum Gasteiger partial charge on any atom is 0.254 e. The SMILES string of the molecule is CSc1nc(C)c(CCC(=O)NCCc2cccc(F)c2)c(=O)[nH]1. The minimum absolute atomic E-state index is 0.140. The standard InChI is InChI=1S/C17H20FN3O2S/c1-11-14(16(23)21-17(20-11)24-2)6-7-15(22)19-9-8-12-4-3-5-13(18)10-12/h3-5,10H,6-9H2,1-2H3,(H,19,22)(H,20,21,23). The van der Waals surface area contributed by atoms with Gasteiger partial charge in [-0.15, -0.1) is 0 Å². The molecule has 2 N–H and O–H groups in total. The molecule has 1 aromatic carbocycles. The molecular weight excluding hydrogens is 329 g/mol. The zero-order valence-corrected chi connectivity index (χ0v) is 14.5. The van der Waals surface area contributed by atoms with E-state index in [0.29, 0.717) is 35.8 Å². The summed E-state index contributed by atoms with van der Waals surface area (Å²) in [6.45, 7) is 2.20. The van der Waals surface area contributed by atoms with E-state index in [1.165, 1.54) is 23.9 Å². The van der Waals surface area contributed by atoms with Crippen LogP contribution in [0.4, 0.5) is 4.39 Å². The summed E-state index contributed by atoms with van der Waals surface area (Å²) >= 11 is 1.37. The molecule has 1 heterocycles.